The molecule has 0 aromatic rings. The molecule has 0 unspecified atom stereocenters. The Morgan fingerprint density at radius 1 is 1.40 bits per heavy atom. The Hall–Kier alpha value is -1.10. The van der Waals surface area contributed by atoms with Gasteiger partial charge in [0.15, 0.2) is 0 Å². The molecule has 0 bridgehead atoms. The normalized spacial score (nSPS) is 13.1. The van der Waals surface area contributed by atoms with E-state index < -0.39 is 17.6 Å². The van der Waals surface area contributed by atoms with Crippen LogP contribution in [0.25, 0.3) is 0 Å². The zero-order valence-electron chi connectivity index (χ0n) is 9.79. The highest BCUT2D eigenvalue weighted by atomic mass is 16.6. The van der Waals surface area contributed by atoms with Crippen molar-refractivity contribution >= 4 is 11.9 Å². The summed E-state index contributed by atoms with van der Waals surface area (Å²) >= 11 is 0. The summed E-state index contributed by atoms with van der Waals surface area (Å²) in [7, 11) is 0. The molecule has 0 saturated carbocycles. The SMILES string of the molecule is CC[C@@H](N)C(=O)NCC(=O)OC(C)(C)C. The number of carbonyl (C=O) groups excluding carboxylic acids is 2. The molecule has 0 aliphatic heterocycles. The third kappa shape index (κ3) is 6.90. The molecule has 3 N–H and O–H groups in total. The Morgan fingerprint density at radius 2 is 1.93 bits per heavy atom. The van der Waals surface area contributed by atoms with Crippen LogP contribution < -0.4 is 11.1 Å². The predicted octanol–water partition coefficient (Wildman–Crippen LogP) is 0.182. The van der Waals surface area contributed by atoms with E-state index in [0.717, 1.165) is 0 Å². The number of esters is 1. The van der Waals surface area contributed by atoms with E-state index in [1.165, 1.54) is 0 Å². The summed E-state index contributed by atoms with van der Waals surface area (Å²) in [5, 5.41) is 2.42. The first-order valence-corrected chi connectivity index (χ1v) is 5.01. The van der Waals surface area contributed by atoms with Gasteiger partial charge >= 0.3 is 5.97 Å². The molecular formula is C10H20N2O3. The van der Waals surface area contributed by atoms with Crippen molar-refractivity contribution in [3.63, 3.8) is 0 Å². The van der Waals surface area contributed by atoms with E-state index in [1.807, 2.05) is 0 Å². The first-order valence-electron chi connectivity index (χ1n) is 5.01. The number of nitrogens with one attached hydrogen (secondary N) is 1. The maximum atomic E-state index is 11.2. The Kier molecular flexibility index (Phi) is 5.28. The highest BCUT2D eigenvalue weighted by Crippen LogP contribution is 2.06. The topological polar surface area (TPSA) is 81.4 Å². The first kappa shape index (κ1) is 13.9. The molecule has 0 spiro atoms. The Bertz CT molecular complexity index is 233. The van der Waals surface area contributed by atoms with Crippen LogP contribution in [0.5, 0.6) is 0 Å². The van der Waals surface area contributed by atoms with Gasteiger partial charge in [0.2, 0.25) is 5.91 Å². The molecule has 0 radical (unpaired) electrons. The smallest absolute Gasteiger partial charge is 0.325 e. The third-order valence-corrected chi connectivity index (χ3v) is 1.60. The fourth-order valence-corrected chi connectivity index (χ4v) is 0.853. The van der Waals surface area contributed by atoms with Crippen molar-refractivity contribution in [1.29, 1.82) is 0 Å². The molecule has 15 heavy (non-hydrogen) atoms. The van der Waals surface area contributed by atoms with Gasteiger partial charge in [-0.25, -0.2) is 0 Å². The van der Waals surface area contributed by atoms with Gasteiger partial charge in [-0.05, 0) is 27.2 Å². The summed E-state index contributed by atoms with van der Waals surface area (Å²) in [4.78, 5) is 22.4. The molecule has 0 heterocycles. The largest absolute Gasteiger partial charge is 0.459 e. The van der Waals surface area contributed by atoms with Crippen LogP contribution in [0, 0.1) is 0 Å². The van der Waals surface area contributed by atoms with Crippen molar-refractivity contribution in [2.24, 2.45) is 5.73 Å². The van der Waals surface area contributed by atoms with Crippen LogP contribution in [0.2, 0.25) is 0 Å². The fourth-order valence-electron chi connectivity index (χ4n) is 0.853. The second kappa shape index (κ2) is 5.70. The molecule has 1 amide bonds. The maximum absolute atomic E-state index is 11.2. The molecule has 0 aliphatic carbocycles. The van der Waals surface area contributed by atoms with Gasteiger partial charge in [-0.2, -0.15) is 0 Å². The molecule has 88 valence electrons. The van der Waals surface area contributed by atoms with Crippen molar-refractivity contribution in [1.82, 2.24) is 5.32 Å². The van der Waals surface area contributed by atoms with E-state index in [4.69, 9.17) is 10.5 Å². The molecule has 0 saturated heterocycles. The van der Waals surface area contributed by atoms with Crippen LogP contribution in [-0.2, 0) is 14.3 Å². The van der Waals surface area contributed by atoms with Crippen LogP contribution >= 0.6 is 0 Å². The van der Waals surface area contributed by atoms with Crippen LogP contribution in [0.4, 0.5) is 0 Å². The van der Waals surface area contributed by atoms with Gasteiger partial charge < -0.3 is 15.8 Å². The number of hydrogen-bond donors (Lipinski definition) is 2. The molecule has 0 aromatic heterocycles. The van der Waals surface area contributed by atoms with Gasteiger partial charge in [0, 0.05) is 0 Å². The lowest BCUT2D eigenvalue weighted by Crippen LogP contribution is -2.43. The van der Waals surface area contributed by atoms with Crippen molar-refractivity contribution < 1.29 is 14.3 Å². The Balaban J connectivity index is 3.87. The van der Waals surface area contributed by atoms with E-state index in [0.29, 0.717) is 6.42 Å². The van der Waals surface area contributed by atoms with Crippen molar-refractivity contribution in [2.75, 3.05) is 6.54 Å². The van der Waals surface area contributed by atoms with Gasteiger partial charge in [0.1, 0.15) is 12.1 Å². The highest BCUT2D eigenvalue weighted by molar-refractivity contribution is 5.85. The van der Waals surface area contributed by atoms with E-state index >= 15 is 0 Å². The summed E-state index contributed by atoms with van der Waals surface area (Å²) in [6, 6.07) is -0.563. The molecule has 0 aliphatic rings. The van der Waals surface area contributed by atoms with E-state index in [-0.39, 0.29) is 12.5 Å². The van der Waals surface area contributed by atoms with Gasteiger partial charge in [0.25, 0.3) is 0 Å². The minimum Gasteiger partial charge on any atom is -0.459 e. The summed E-state index contributed by atoms with van der Waals surface area (Å²) < 4.78 is 5.01. The average molecular weight is 216 g/mol. The number of hydrogen-bond acceptors (Lipinski definition) is 4. The highest BCUT2D eigenvalue weighted by Gasteiger charge is 2.17. The number of ether oxygens (including phenoxy) is 1. The fraction of sp³-hybridized carbons (Fsp3) is 0.800. The van der Waals surface area contributed by atoms with Gasteiger partial charge in [0.05, 0.1) is 6.04 Å². The quantitative estimate of drug-likeness (QED) is 0.657. The third-order valence-electron chi connectivity index (χ3n) is 1.60. The second-order valence-electron chi connectivity index (χ2n) is 4.32. The molecule has 5 heteroatoms. The molecule has 0 rings (SSSR count). The van der Waals surface area contributed by atoms with Gasteiger partial charge in [-0.1, -0.05) is 6.92 Å². The summed E-state index contributed by atoms with van der Waals surface area (Å²) in [5.74, 6) is -0.789. The first-order chi connectivity index (χ1) is 6.76. The molecule has 0 aromatic carbocycles. The molecule has 0 fully saturated rings. The minimum atomic E-state index is -0.563. The maximum Gasteiger partial charge on any atom is 0.325 e. The number of carbonyl (C=O) groups is 2. The molecule has 1 atom stereocenters. The summed E-state index contributed by atoms with van der Waals surface area (Å²) in [6.45, 7) is 6.97. The lowest BCUT2D eigenvalue weighted by Gasteiger charge is -2.19. The second-order valence-corrected chi connectivity index (χ2v) is 4.32. The molecular weight excluding hydrogens is 196 g/mol. The van der Waals surface area contributed by atoms with E-state index in [1.54, 1.807) is 27.7 Å². The predicted molar refractivity (Wildman–Crippen MR) is 57.1 cm³/mol. The van der Waals surface area contributed by atoms with Gasteiger partial charge in [-0.15, -0.1) is 0 Å². The van der Waals surface area contributed by atoms with Crippen molar-refractivity contribution in [3.8, 4) is 0 Å². The van der Waals surface area contributed by atoms with Gasteiger partial charge in [-0.3, -0.25) is 9.59 Å². The zero-order valence-corrected chi connectivity index (χ0v) is 9.79. The number of rotatable bonds is 4. The Morgan fingerprint density at radius 3 is 2.33 bits per heavy atom. The number of amides is 1. The number of nitrogens with two attached hydrogens (primary N) is 1. The lowest BCUT2D eigenvalue weighted by molar-refractivity contribution is -0.154. The average Bonchev–Trinajstić information content (AvgIpc) is 2.10. The van der Waals surface area contributed by atoms with E-state index in [2.05, 4.69) is 5.32 Å². The van der Waals surface area contributed by atoms with Crippen LogP contribution in [-0.4, -0.2) is 30.1 Å². The van der Waals surface area contributed by atoms with Crippen molar-refractivity contribution in [3.05, 3.63) is 0 Å². The van der Waals surface area contributed by atoms with Crippen molar-refractivity contribution in [2.45, 2.75) is 45.8 Å². The molecule has 5 nitrogen and oxygen atoms in total. The lowest BCUT2D eigenvalue weighted by atomic mass is 10.2. The van der Waals surface area contributed by atoms with Crippen LogP contribution in [0.15, 0.2) is 0 Å². The van der Waals surface area contributed by atoms with E-state index in [9.17, 15) is 9.59 Å². The van der Waals surface area contributed by atoms with Crippen LogP contribution in [0.1, 0.15) is 34.1 Å². The Labute approximate surface area is 90.4 Å². The zero-order chi connectivity index (χ0) is 12.1. The van der Waals surface area contributed by atoms with Crippen LogP contribution in [0.3, 0.4) is 0 Å². The minimum absolute atomic E-state index is 0.135. The standard InChI is InChI=1S/C10H20N2O3/c1-5-7(11)9(14)12-6-8(13)15-10(2,3)4/h7H,5-6,11H2,1-4H3,(H,12,14)/t7-/m1/s1. The summed E-state index contributed by atoms with van der Waals surface area (Å²) in [6.07, 6.45) is 0.542. The summed E-state index contributed by atoms with van der Waals surface area (Å²) in [5.41, 5.74) is 4.93. The monoisotopic (exact) mass is 216 g/mol.